The Hall–Kier alpha value is -0.320. The van der Waals surface area contributed by atoms with Crippen LogP contribution in [-0.2, 0) is 9.53 Å². The minimum atomic E-state index is -0.0738. The number of nitrogens with one attached hydrogen (secondary N) is 1. The van der Waals surface area contributed by atoms with Gasteiger partial charge < -0.3 is 15.0 Å². The topological polar surface area (TPSA) is 41.6 Å². The van der Waals surface area contributed by atoms with Gasteiger partial charge in [-0.1, -0.05) is 6.92 Å². The summed E-state index contributed by atoms with van der Waals surface area (Å²) < 4.78 is 5.40. The highest BCUT2D eigenvalue weighted by atomic mass is 35.5. The number of hydrogen-bond acceptors (Lipinski definition) is 3. The molecule has 2 atom stereocenters. The van der Waals surface area contributed by atoms with Gasteiger partial charge in [0.2, 0.25) is 5.91 Å². The lowest BCUT2D eigenvalue weighted by Gasteiger charge is -2.33. The molecule has 0 aromatic rings. The van der Waals surface area contributed by atoms with E-state index < -0.39 is 0 Å². The maximum Gasteiger partial charge on any atom is 0.239 e. The van der Waals surface area contributed by atoms with Gasteiger partial charge in [0.25, 0.3) is 0 Å². The molecule has 0 aliphatic carbocycles. The Morgan fingerprint density at radius 2 is 2.31 bits per heavy atom. The van der Waals surface area contributed by atoms with E-state index in [0.717, 1.165) is 26.1 Å². The summed E-state index contributed by atoms with van der Waals surface area (Å²) in [7, 11) is 0. The van der Waals surface area contributed by atoms with Crippen molar-refractivity contribution in [1.82, 2.24) is 10.2 Å². The smallest absolute Gasteiger partial charge is 0.239 e. The summed E-state index contributed by atoms with van der Waals surface area (Å²) in [4.78, 5) is 13.8. The van der Waals surface area contributed by atoms with Gasteiger partial charge in [-0.15, -0.1) is 12.4 Å². The molecule has 1 rings (SSSR count). The van der Waals surface area contributed by atoms with Crippen LogP contribution in [0.5, 0.6) is 0 Å². The van der Waals surface area contributed by atoms with Crippen LogP contribution in [0.15, 0.2) is 0 Å². The quantitative estimate of drug-likeness (QED) is 0.811. The molecule has 0 aromatic carbocycles. The predicted octanol–water partition coefficient (Wildman–Crippen LogP) is 1.04. The van der Waals surface area contributed by atoms with Crippen molar-refractivity contribution in [2.45, 2.75) is 39.3 Å². The summed E-state index contributed by atoms with van der Waals surface area (Å²) >= 11 is 0. The third kappa shape index (κ3) is 4.68. The highest BCUT2D eigenvalue weighted by Crippen LogP contribution is 2.06. The molecule has 5 heteroatoms. The van der Waals surface area contributed by atoms with Crippen molar-refractivity contribution in [1.29, 1.82) is 0 Å². The second kappa shape index (κ2) is 7.87. The molecule has 16 heavy (non-hydrogen) atoms. The lowest BCUT2D eigenvalue weighted by Crippen LogP contribution is -2.51. The van der Waals surface area contributed by atoms with Crippen molar-refractivity contribution < 1.29 is 9.53 Å². The molecule has 1 N–H and O–H groups in total. The van der Waals surface area contributed by atoms with E-state index in [9.17, 15) is 4.79 Å². The van der Waals surface area contributed by atoms with Crippen LogP contribution >= 0.6 is 12.4 Å². The van der Waals surface area contributed by atoms with Crippen LogP contribution in [0.4, 0.5) is 0 Å². The van der Waals surface area contributed by atoms with Crippen LogP contribution in [0.2, 0.25) is 0 Å². The molecule has 1 amide bonds. The van der Waals surface area contributed by atoms with Gasteiger partial charge in [-0.3, -0.25) is 4.79 Å². The molecule has 96 valence electrons. The van der Waals surface area contributed by atoms with Gasteiger partial charge in [-0.05, 0) is 26.8 Å². The maximum atomic E-state index is 12.0. The van der Waals surface area contributed by atoms with Gasteiger partial charge in [0.05, 0.1) is 18.8 Å². The van der Waals surface area contributed by atoms with Crippen molar-refractivity contribution in [2.75, 3.05) is 26.2 Å². The summed E-state index contributed by atoms with van der Waals surface area (Å²) in [6.07, 6.45) is 1.22. The third-order valence-corrected chi connectivity index (χ3v) is 2.62. The van der Waals surface area contributed by atoms with Crippen molar-refractivity contribution in [3.05, 3.63) is 0 Å². The molecular formula is C11H23ClN2O2. The van der Waals surface area contributed by atoms with Gasteiger partial charge in [-0.25, -0.2) is 0 Å². The fourth-order valence-corrected chi connectivity index (χ4v) is 1.74. The van der Waals surface area contributed by atoms with Crippen LogP contribution in [-0.4, -0.2) is 49.2 Å². The second-order valence-corrected chi connectivity index (χ2v) is 4.14. The molecule has 1 fully saturated rings. The predicted molar refractivity (Wildman–Crippen MR) is 67.0 cm³/mol. The van der Waals surface area contributed by atoms with E-state index in [1.165, 1.54) is 0 Å². The monoisotopic (exact) mass is 250 g/mol. The van der Waals surface area contributed by atoms with Crippen molar-refractivity contribution in [3.8, 4) is 0 Å². The lowest BCUT2D eigenvalue weighted by atomic mass is 10.2. The number of rotatable bonds is 4. The number of nitrogens with zero attached hydrogens (tertiary/aromatic N) is 1. The van der Waals surface area contributed by atoms with Crippen molar-refractivity contribution in [3.63, 3.8) is 0 Å². The largest absolute Gasteiger partial charge is 0.375 e. The molecule has 1 aliphatic heterocycles. The molecule has 0 saturated carbocycles. The van der Waals surface area contributed by atoms with E-state index in [2.05, 4.69) is 12.2 Å². The van der Waals surface area contributed by atoms with E-state index in [1.54, 1.807) is 0 Å². The number of amides is 1. The average Bonchev–Trinajstić information content (AvgIpc) is 2.24. The van der Waals surface area contributed by atoms with Crippen LogP contribution in [0.25, 0.3) is 0 Å². The highest BCUT2D eigenvalue weighted by Gasteiger charge is 2.24. The zero-order valence-corrected chi connectivity index (χ0v) is 11.2. The Balaban J connectivity index is 0.00000225. The van der Waals surface area contributed by atoms with Crippen LogP contribution < -0.4 is 5.32 Å². The fraction of sp³-hybridized carbons (Fsp3) is 0.909. The SMILES string of the molecule is CCCNC(C)C(=O)N1CCOC(C)C1.Cl. The number of carbonyl (C=O) groups excluding carboxylic acids is 1. The first-order valence-corrected chi connectivity index (χ1v) is 5.79. The molecule has 1 heterocycles. The van der Waals surface area contributed by atoms with Gasteiger partial charge in [-0.2, -0.15) is 0 Å². The summed E-state index contributed by atoms with van der Waals surface area (Å²) in [6.45, 7) is 9.03. The number of morpholine rings is 1. The summed E-state index contributed by atoms with van der Waals surface area (Å²) in [5, 5.41) is 3.21. The van der Waals surface area contributed by atoms with Crippen LogP contribution in [0.3, 0.4) is 0 Å². The summed E-state index contributed by atoms with van der Waals surface area (Å²) in [5.41, 5.74) is 0. The Kier molecular flexibility index (Phi) is 7.72. The van der Waals surface area contributed by atoms with Gasteiger partial charge in [0.1, 0.15) is 0 Å². The van der Waals surface area contributed by atoms with E-state index in [1.807, 2.05) is 18.7 Å². The number of ether oxygens (including phenoxy) is 1. The molecule has 0 spiro atoms. The number of hydrogen-bond donors (Lipinski definition) is 1. The highest BCUT2D eigenvalue weighted by molar-refractivity contribution is 5.85. The van der Waals surface area contributed by atoms with Crippen LogP contribution in [0.1, 0.15) is 27.2 Å². The van der Waals surface area contributed by atoms with E-state index >= 15 is 0 Å². The molecule has 0 aromatic heterocycles. The first-order chi connectivity index (χ1) is 7.15. The Morgan fingerprint density at radius 1 is 1.62 bits per heavy atom. The van der Waals surface area contributed by atoms with Crippen molar-refractivity contribution >= 4 is 18.3 Å². The van der Waals surface area contributed by atoms with Crippen molar-refractivity contribution in [2.24, 2.45) is 0 Å². The Morgan fingerprint density at radius 3 is 2.88 bits per heavy atom. The molecule has 0 bridgehead atoms. The standard InChI is InChI=1S/C11H22N2O2.ClH/c1-4-5-12-10(3)11(14)13-6-7-15-9(2)8-13;/h9-10,12H,4-8H2,1-3H3;1H. The van der Waals surface area contributed by atoms with E-state index in [0.29, 0.717) is 6.61 Å². The average molecular weight is 251 g/mol. The maximum absolute atomic E-state index is 12.0. The molecular weight excluding hydrogens is 228 g/mol. The molecule has 1 aliphatic rings. The zero-order chi connectivity index (χ0) is 11.3. The third-order valence-electron chi connectivity index (χ3n) is 2.62. The number of halogens is 1. The normalized spacial score (nSPS) is 22.4. The Bertz CT molecular complexity index is 214. The summed E-state index contributed by atoms with van der Waals surface area (Å²) in [5.74, 6) is 0.193. The van der Waals surface area contributed by atoms with Gasteiger partial charge >= 0.3 is 0 Å². The first-order valence-electron chi connectivity index (χ1n) is 5.79. The fourth-order valence-electron chi connectivity index (χ4n) is 1.74. The molecule has 4 nitrogen and oxygen atoms in total. The van der Waals surface area contributed by atoms with E-state index in [-0.39, 0.29) is 30.5 Å². The molecule has 1 saturated heterocycles. The number of carbonyl (C=O) groups is 1. The van der Waals surface area contributed by atoms with Gasteiger partial charge in [0.15, 0.2) is 0 Å². The van der Waals surface area contributed by atoms with E-state index in [4.69, 9.17) is 4.74 Å². The minimum Gasteiger partial charge on any atom is -0.375 e. The molecule has 2 unspecified atom stereocenters. The Labute approximate surface area is 104 Å². The zero-order valence-electron chi connectivity index (χ0n) is 10.4. The second-order valence-electron chi connectivity index (χ2n) is 4.14. The minimum absolute atomic E-state index is 0. The van der Waals surface area contributed by atoms with Crippen LogP contribution in [0, 0.1) is 0 Å². The summed E-state index contributed by atoms with van der Waals surface area (Å²) in [6, 6.07) is -0.0738. The first kappa shape index (κ1) is 15.7. The lowest BCUT2D eigenvalue weighted by molar-refractivity contribution is -0.139. The van der Waals surface area contributed by atoms with Gasteiger partial charge in [0, 0.05) is 13.1 Å². The molecule has 0 radical (unpaired) electrons.